The number of halogens is 1. The number of hydrogen-bond donors (Lipinski definition) is 3. The molecule has 0 saturated carbocycles. The molecule has 0 saturated heterocycles. The number of benzene rings is 2. The van der Waals surface area contributed by atoms with E-state index >= 15 is 0 Å². The van der Waals surface area contributed by atoms with Gasteiger partial charge in [0.15, 0.2) is 5.11 Å². The summed E-state index contributed by atoms with van der Waals surface area (Å²) in [5.74, 6) is -1.01. The molecule has 0 aliphatic rings. The maximum Gasteiger partial charge on any atom is 0.335 e. The first-order valence-corrected chi connectivity index (χ1v) is 7.96. The molecule has 0 bridgehead atoms. The normalized spacial score (nSPS) is 10.1. The Bertz CT molecular complexity index is 692. The van der Waals surface area contributed by atoms with E-state index in [2.05, 4.69) is 22.8 Å². The second-order valence-corrected chi connectivity index (χ2v) is 5.79. The Kier molecular flexibility index (Phi) is 6.38. The van der Waals surface area contributed by atoms with Crippen LogP contribution >= 0.6 is 23.8 Å². The molecule has 2 aromatic carbocycles. The van der Waals surface area contributed by atoms with Gasteiger partial charge in [0.2, 0.25) is 0 Å². The van der Waals surface area contributed by atoms with Gasteiger partial charge in [0.1, 0.15) is 0 Å². The molecule has 0 amide bonds. The zero-order valence-corrected chi connectivity index (χ0v) is 14.0. The summed E-state index contributed by atoms with van der Waals surface area (Å²) in [6.45, 7) is 0.719. The van der Waals surface area contributed by atoms with E-state index in [-0.39, 0.29) is 5.56 Å². The van der Waals surface area contributed by atoms with Crippen molar-refractivity contribution < 1.29 is 9.90 Å². The highest BCUT2D eigenvalue weighted by atomic mass is 35.5. The molecule has 0 fully saturated rings. The van der Waals surface area contributed by atoms with Crippen molar-refractivity contribution in [2.24, 2.45) is 0 Å². The third-order valence-corrected chi connectivity index (χ3v) is 3.81. The minimum absolute atomic E-state index is 0.156. The molecular formula is C17H17ClN2O2S. The molecule has 2 aromatic rings. The van der Waals surface area contributed by atoms with Crippen LogP contribution in [0.15, 0.2) is 48.5 Å². The summed E-state index contributed by atoms with van der Waals surface area (Å²) in [4.78, 5) is 11.0. The first-order chi connectivity index (χ1) is 11.1. The van der Waals surface area contributed by atoms with E-state index < -0.39 is 5.97 Å². The molecule has 0 atom stereocenters. The Balaban J connectivity index is 1.81. The molecule has 0 aliphatic carbocycles. The fourth-order valence-corrected chi connectivity index (χ4v) is 2.44. The topological polar surface area (TPSA) is 61.4 Å². The second kappa shape index (κ2) is 8.50. The largest absolute Gasteiger partial charge is 0.478 e. The lowest BCUT2D eigenvalue weighted by atomic mass is 10.1. The third-order valence-electron chi connectivity index (χ3n) is 3.23. The van der Waals surface area contributed by atoms with Crippen LogP contribution in [0.2, 0.25) is 5.02 Å². The maximum absolute atomic E-state index is 11.0. The lowest BCUT2D eigenvalue weighted by Crippen LogP contribution is -2.29. The molecule has 0 spiro atoms. The van der Waals surface area contributed by atoms with Crippen LogP contribution in [0.4, 0.5) is 5.69 Å². The summed E-state index contributed by atoms with van der Waals surface area (Å²) >= 11 is 11.2. The molecule has 3 N–H and O–H groups in total. The number of carboxylic acids is 1. The summed E-state index contributed by atoms with van der Waals surface area (Å²) in [6, 6.07) is 14.7. The first-order valence-electron chi connectivity index (χ1n) is 7.18. The number of nitrogens with one attached hydrogen (secondary N) is 2. The number of aryl methyl sites for hydroxylation is 1. The van der Waals surface area contributed by atoms with Gasteiger partial charge in [-0.05, 0) is 48.8 Å². The zero-order chi connectivity index (χ0) is 16.7. The predicted octanol–water partition coefficient (Wildman–Crippen LogP) is 3.96. The molecule has 0 unspecified atom stereocenters. The molecular weight excluding hydrogens is 332 g/mol. The van der Waals surface area contributed by atoms with Crippen molar-refractivity contribution in [3.05, 3.63) is 64.7 Å². The van der Waals surface area contributed by atoms with Crippen LogP contribution in [0.1, 0.15) is 22.3 Å². The smallest absolute Gasteiger partial charge is 0.335 e. The molecule has 2 rings (SSSR count). The number of anilines is 1. The number of thiocarbonyl (C=S) groups is 1. The van der Waals surface area contributed by atoms with Crippen LogP contribution in [0.5, 0.6) is 0 Å². The van der Waals surface area contributed by atoms with Gasteiger partial charge in [-0.15, -0.1) is 0 Å². The lowest BCUT2D eigenvalue weighted by Gasteiger charge is -2.12. The Hall–Kier alpha value is -2.11. The highest BCUT2D eigenvalue weighted by molar-refractivity contribution is 7.80. The van der Waals surface area contributed by atoms with Gasteiger partial charge in [0.25, 0.3) is 0 Å². The highest BCUT2D eigenvalue weighted by Crippen LogP contribution is 2.23. The van der Waals surface area contributed by atoms with Crippen molar-refractivity contribution in [1.29, 1.82) is 0 Å². The number of rotatable bonds is 6. The van der Waals surface area contributed by atoms with Crippen molar-refractivity contribution in [2.75, 3.05) is 11.9 Å². The standard InChI is InChI=1S/C17H17ClN2O2S/c18-14-9-8-13(16(21)22)11-15(14)20-17(23)19-10-4-7-12-5-2-1-3-6-12/h1-3,5-6,8-9,11H,4,7,10H2,(H,21,22)(H2,19,20,23). The van der Waals surface area contributed by atoms with Crippen molar-refractivity contribution in [2.45, 2.75) is 12.8 Å². The summed E-state index contributed by atoms with van der Waals surface area (Å²) in [6.07, 6.45) is 1.90. The van der Waals surface area contributed by atoms with Gasteiger partial charge in [-0.3, -0.25) is 0 Å². The highest BCUT2D eigenvalue weighted by Gasteiger charge is 2.08. The fourth-order valence-electron chi connectivity index (χ4n) is 2.06. The van der Waals surface area contributed by atoms with Crippen LogP contribution in [-0.2, 0) is 6.42 Å². The Morgan fingerprint density at radius 2 is 1.91 bits per heavy atom. The predicted molar refractivity (Wildman–Crippen MR) is 97.4 cm³/mol. The van der Waals surface area contributed by atoms with Crippen LogP contribution in [-0.4, -0.2) is 22.7 Å². The summed E-state index contributed by atoms with van der Waals surface area (Å²) in [5.41, 5.74) is 1.92. The van der Waals surface area contributed by atoms with E-state index in [0.29, 0.717) is 15.8 Å². The Morgan fingerprint density at radius 1 is 1.17 bits per heavy atom. The van der Waals surface area contributed by atoms with Crippen molar-refractivity contribution >= 4 is 40.6 Å². The number of carbonyl (C=O) groups is 1. The first kappa shape index (κ1) is 17.2. The van der Waals surface area contributed by atoms with Crippen molar-refractivity contribution in [3.63, 3.8) is 0 Å². The van der Waals surface area contributed by atoms with Crippen LogP contribution in [0, 0.1) is 0 Å². The molecule has 0 radical (unpaired) electrons. The van der Waals surface area contributed by atoms with Gasteiger partial charge in [0.05, 0.1) is 16.3 Å². The lowest BCUT2D eigenvalue weighted by molar-refractivity contribution is 0.0697. The van der Waals surface area contributed by atoms with Gasteiger partial charge in [-0.25, -0.2) is 4.79 Å². The summed E-state index contributed by atoms with van der Waals surface area (Å²) < 4.78 is 0. The summed E-state index contributed by atoms with van der Waals surface area (Å²) in [7, 11) is 0. The van der Waals surface area contributed by atoms with Gasteiger partial charge in [0, 0.05) is 6.54 Å². The molecule has 0 aliphatic heterocycles. The van der Waals surface area contributed by atoms with E-state index in [9.17, 15) is 4.79 Å². The van der Waals surface area contributed by atoms with Crippen molar-refractivity contribution in [3.8, 4) is 0 Å². The Labute approximate surface area is 145 Å². The van der Waals surface area contributed by atoms with Crippen LogP contribution < -0.4 is 10.6 Å². The summed E-state index contributed by atoms with van der Waals surface area (Å²) in [5, 5.41) is 15.9. The van der Waals surface area contributed by atoms with E-state index in [0.717, 1.165) is 19.4 Å². The quantitative estimate of drug-likeness (QED) is 0.545. The van der Waals surface area contributed by atoms with E-state index in [4.69, 9.17) is 28.9 Å². The minimum atomic E-state index is -1.01. The number of carboxylic acid groups (broad SMARTS) is 1. The number of aromatic carboxylic acids is 1. The molecule has 23 heavy (non-hydrogen) atoms. The average Bonchev–Trinajstić information content (AvgIpc) is 2.54. The molecule has 6 heteroatoms. The molecule has 0 aromatic heterocycles. The molecule has 0 heterocycles. The van der Waals surface area contributed by atoms with E-state index in [1.165, 1.54) is 23.8 Å². The van der Waals surface area contributed by atoms with Gasteiger partial charge < -0.3 is 15.7 Å². The van der Waals surface area contributed by atoms with Gasteiger partial charge in [-0.2, -0.15) is 0 Å². The van der Waals surface area contributed by atoms with E-state index in [1.54, 1.807) is 0 Å². The molecule has 120 valence electrons. The monoisotopic (exact) mass is 348 g/mol. The maximum atomic E-state index is 11.0. The zero-order valence-electron chi connectivity index (χ0n) is 12.4. The minimum Gasteiger partial charge on any atom is -0.478 e. The van der Waals surface area contributed by atoms with Gasteiger partial charge >= 0.3 is 5.97 Å². The van der Waals surface area contributed by atoms with Crippen LogP contribution in [0.25, 0.3) is 0 Å². The number of hydrogen-bond acceptors (Lipinski definition) is 2. The second-order valence-electron chi connectivity index (χ2n) is 4.97. The van der Waals surface area contributed by atoms with Crippen LogP contribution in [0.3, 0.4) is 0 Å². The van der Waals surface area contributed by atoms with Gasteiger partial charge in [-0.1, -0.05) is 41.9 Å². The SMILES string of the molecule is O=C(O)c1ccc(Cl)c(NC(=S)NCCCc2ccccc2)c1. The third kappa shape index (κ3) is 5.54. The fraction of sp³-hybridized carbons (Fsp3) is 0.176. The molecule has 4 nitrogen and oxygen atoms in total. The van der Waals surface area contributed by atoms with E-state index in [1.807, 2.05) is 18.2 Å². The average molecular weight is 349 g/mol. The Morgan fingerprint density at radius 3 is 2.61 bits per heavy atom. The van der Waals surface area contributed by atoms with Crippen molar-refractivity contribution in [1.82, 2.24) is 5.32 Å².